The zero-order chi connectivity index (χ0) is 21.9. The summed E-state index contributed by atoms with van der Waals surface area (Å²) in [6.45, 7) is 4.26. The third-order valence-electron chi connectivity index (χ3n) is 5.98. The number of nitrogens with zero attached hydrogens (tertiary/aromatic N) is 4. The summed E-state index contributed by atoms with van der Waals surface area (Å²) in [5, 5.41) is 4.40. The van der Waals surface area contributed by atoms with Gasteiger partial charge >= 0.3 is 0 Å². The van der Waals surface area contributed by atoms with E-state index in [0.29, 0.717) is 5.95 Å². The van der Waals surface area contributed by atoms with Gasteiger partial charge in [0, 0.05) is 49.1 Å². The van der Waals surface area contributed by atoms with E-state index in [1.54, 1.807) is 7.11 Å². The van der Waals surface area contributed by atoms with E-state index in [2.05, 4.69) is 81.7 Å². The molecule has 0 bridgehead atoms. The van der Waals surface area contributed by atoms with E-state index in [1.807, 2.05) is 18.3 Å². The predicted molar refractivity (Wildman–Crippen MR) is 131 cm³/mol. The summed E-state index contributed by atoms with van der Waals surface area (Å²) < 4.78 is 5.27. The van der Waals surface area contributed by atoms with Gasteiger partial charge in [-0.1, -0.05) is 30.3 Å². The molecule has 3 aromatic carbocycles. The first kappa shape index (κ1) is 20.3. The third-order valence-corrected chi connectivity index (χ3v) is 5.98. The zero-order valence-corrected chi connectivity index (χ0v) is 18.5. The zero-order valence-electron chi connectivity index (χ0n) is 18.5. The Bertz CT molecular complexity index is 1220. The molecule has 32 heavy (non-hydrogen) atoms. The van der Waals surface area contributed by atoms with Crippen molar-refractivity contribution in [3.05, 3.63) is 72.9 Å². The van der Waals surface area contributed by atoms with Gasteiger partial charge in [0.05, 0.1) is 12.6 Å². The SMILES string of the molecule is COc1ccc(-c2ccc3cnc(Nc4cccc(N5CCN(C)CC5)c4)nc3c2)cc1. The molecule has 1 aliphatic heterocycles. The van der Waals surface area contributed by atoms with Gasteiger partial charge in [-0.3, -0.25) is 0 Å². The fourth-order valence-corrected chi connectivity index (χ4v) is 4.02. The first-order chi connectivity index (χ1) is 15.7. The quantitative estimate of drug-likeness (QED) is 0.496. The molecule has 1 aliphatic rings. The number of methoxy groups -OCH3 is 1. The lowest BCUT2D eigenvalue weighted by molar-refractivity contribution is 0.313. The van der Waals surface area contributed by atoms with Crippen molar-refractivity contribution in [3.63, 3.8) is 0 Å². The highest BCUT2D eigenvalue weighted by Crippen LogP contribution is 2.27. The molecule has 1 N–H and O–H groups in total. The van der Waals surface area contributed by atoms with Crippen LogP contribution in [0.25, 0.3) is 22.0 Å². The van der Waals surface area contributed by atoms with Gasteiger partial charge in [-0.15, -0.1) is 0 Å². The fraction of sp³-hybridized carbons (Fsp3) is 0.231. The minimum atomic E-state index is 0.597. The van der Waals surface area contributed by atoms with Crippen molar-refractivity contribution in [2.45, 2.75) is 0 Å². The molecular weight excluding hydrogens is 398 g/mol. The maximum atomic E-state index is 5.27. The van der Waals surface area contributed by atoms with E-state index < -0.39 is 0 Å². The fourth-order valence-electron chi connectivity index (χ4n) is 4.02. The normalized spacial score (nSPS) is 14.5. The summed E-state index contributed by atoms with van der Waals surface area (Å²) in [6.07, 6.45) is 1.87. The molecule has 2 heterocycles. The number of benzene rings is 3. The number of fused-ring (bicyclic) bond motifs is 1. The Hall–Kier alpha value is -3.64. The molecule has 6 heteroatoms. The second kappa shape index (κ2) is 8.85. The van der Waals surface area contributed by atoms with E-state index in [1.165, 1.54) is 5.69 Å². The highest BCUT2D eigenvalue weighted by Gasteiger charge is 2.14. The molecular formula is C26H27N5O. The number of aromatic nitrogens is 2. The maximum Gasteiger partial charge on any atom is 0.227 e. The Balaban J connectivity index is 1.38. The molecule has 1 aromatic heterocycles. The van der Waals surface area contributed by atoms with Gasteiger partial charge < -0.3 is 19.9 Å². The Labute approximate surface area is 188 Å². The molecule has 0 spiro atoms. The van der Waals surface area contributed by atoms with Crippen molar-refractivity contribution in [2.24, 2.45) is 0 Å². The highest BCUT2D eigenvalue weighted by atomic mass is 16.5. The lowest BCUT2D eigenvalue weighted by atomic mass is 10.0. The van der Waals surface area contributed by atoms with Crippen LogP contribution in [0.4, 0.5) is 17.3 Å². The number of hydrogen-bond acceptors (Lipinski definition) is 6. The average molecular weight is 426 g/mol. The van der Waals surface area contributed by atoms with E-state index in [4.69, 9.17) is 9.72 Å². The molecule has 1 saturated heterocycles. The molecule has 6 nitrogen and oxygen atoms in total. The Morgan fingerprint density at radius 1 is 0.875 bits per heavy atom. The Morgan fingerprint density at radius 3 is 2.44 bits per heavy atom. The van der Waals surface area contributed by atoms with Crippen molar-refractivity contribution in [2.75, 3.05) is 50.6 Å². The van der Waals surface area contributed by atoms with Gasteiger partial charge in [-0.05, 0) is 54.6 Å². The number of hydrogen-bond donors (Lipinski definition) is 1. The summed E-state index contributed by atoms with van der Waals surface area (Å²) >= 11 is 0. The highest BCUT2D eigenvalue weighted by molar-refractivity contribution is 5.84. The lowest BCUT2D eigenvalue weighted by Gasteiger charge is -2.34. The van der Waals surface area contributed by atoms with Crippen molar-refractivity contribution in [3.8, 4) is 16.9 Å². The molecule has 4 aromatic rings. The molecule has 0 atom stereocenters. The molecule has 162 valence electrons. The first-order valence-corrected chi connectivity index (χ1v) is 10.9. The van der Waals surface area contributed by atoms with Gasteiger partial charge in [0.1, 0.15) is 5.75 Å². The minimum Gasteiger partial charge on any atom is -0.497 e. The Morgan fingerprint density at radius 2 is 1.66 bits per heavy atom. The minimum absolute atomic E-state index is 0.597. The smallest absolute Gasteiger partial charge is 0.227 e. The van der Waals surface area contributed by atoms with E-state index in [0.717, 1.165) is 59.6 Å². The number of piperazine rings is 1. The van der Waals surface area contributed by atoms with Crippen molar-refractivity contribution >= 4 is 28.2 Å². The second-order valence-electron chi connectivity index (χ2n) is 8.16. The maximum absolute atomic E-state index is 5.27. The molecule has 0 aliphatic carbocycles. The molecule has 0 unspecified atom stereocenters. The molecule has 0 amide bonds. The van der Waals surface area contributed by atoms with Crippen LogP contribution in [0.2, 0.25) is 0 Å². The molecule has 0 radical (unpaired) electrons. The van der Waals surface area contributed by atoms with Crippen molar-refractivity contribution < 1.29 is 4.74 Å². The van der Waals surface area contributed by atoms with Gasteiger partial charge in [0.2, 0.25) is 5.95 Å². The second-order valence-corrected chi connectivity index (χ2v) is 8.16. The van der Waals surface area contributed by atoms with E-state index >= 15 is 0 Å². The van der Waals surface area contributed by atoms with Crippen LogP contribution in [0, 0.1) is 0 Å². The Kier molecular flexibility index (Phi) is 5.60. The van der Waals surface area contributed by atoms with Gasteiger partial charge in [-0.25, -0.2) is 9.97 Å². The van der Waals surface area contributed by atoms with Crippen LogP contribution in [0.3, 0.4) is 0 Å². The number of likely N-dealkylation sites (N-methyl/N-ethyl adjacent to an activating group) is 1. The van der Waals surface area contributed by atoms with Gasteiger partial charge in [0.25, 0.3) is 0 Å². The van der Waals surface area contributed by atoms with Gasteiger partial charge in [-0.2, -0.15) is 0 Å². The summed E-state index contributed by atoms with van der Waals surface area (Å²) in [6, 6.07) is 22.8. The van der Waals surface area contributed by atoms with Crippen LogP contribution >= 0.6 is 0 Å². The lowest BCUT2D eigenvalue weighted by Crippen LogP contribution is -2.44. The molecule has 0 saturated carbocycles. The van der Waals surface area contributed by atoms with E-state index in [9.17, 15) is 0 Å². The van der Waals surface area contributed by atoms with Crippen LogP contribution in [-0.4, -0.2) is 55.2 Å². The van der Waals surface area contributed by atoms with Crippen molar-refractivity contribution in [1.29, 1.82) is 0 Å². The summed E-state index contributed by atoms with van der Waals surface area (Å²) in [5.41, 5.74) is 5.37. The van der Waals surface area contributed by atoms with E-state index in [-0.39, 0.29) is 0 Å². The van der Waals surface area contributed by atoms with Crippen molar-refractivity contribution in [1.82, 2.24) is 14.9 Å². The van der Waals surface area contributed by atoms with Crippen LogP contribution in [0.15, 0.2) is 72.9 Å². The van der Waals surface area contributed by atoms with Crippen LogP contribution in [-0.2, 0) is 0 Å². The first-order valence-electron chi connectivity index (χ1n) is 10.9. The number of rotatable bonds is 5. The van der Waals surface area contributed by atoms with Crippen LogP contribution in [0.1, 0.15) is 0 Å². The van der Waals surface area contributed by atoms with Crippen LogP contribution in [0.5, 0.6) is 5.75 Å². The summed E-state index contributed by atoms with van der Waals surface area (Å²) in [5.74, 6) is 1.45. The summed E-state index contributed by atoms with van der Waals surface area (Å²) in [4.78, 5) is 14.1. The number of nitrogens with one attached hydrogen (secondary N) is 1. The van der Waals surface area contributed by atoms with Gasteiger partial charge in [0.15, 0.2) is 0 Å². The number of anilines is 3. The summed E-state index contributed by atoms with van der Waals surface area (Å²) in [7, 11) is 3.85. The molecule has 5 rings (SSSR count). The monoisotopic (exact) mass is 425 g/mol. The largest absolute Gasteiger partial charge is 0.497 e. The standard InChI is InChI=1S/C26H27N5O/c1-30-12-14-31(15-13-30)23-5-3-4-22(17-23)28-26-27-18-21-7-6-20(16-25(21)29-26)19-8-10-24(32-2)11-9-19/h3-11,16-18H,12-15H2,1-2H3,(H,27,28,29). The average Bonchev–Trinajstić information content (AvgIpc) is 2.84. The predicted octanol–water partition coefficient (Wildman–Crippen LogP) is 4.80. The van der Waals surface area contributed by atoms with Crippen LogP contribution < -0.4 is 15.0 Å². The number of ether oxygens (including phenoxy) is 1. The third kappa shape index (κ3) is 4.36. The topological polar surface area (TPSA) is 53.5 Å². The molecule has 1 fully saturated rings.